The molecular weight excluding hydrogens is 246 g/mol. The fourth-order valence-electron chi connectivity index (χ4n) is 1.07. The average Bonchev–Trinajstić information content (AvgIpc) is 2.41. The molecule has 0 spiro atoms. The van der Waals surface area contributed by atoms with Crippen molar-refractivity contribution in [3.8, 4) is 0 Å². The fraction of sp³-hybridized carbons (Fsp3) is 0.250. The van der Waals surface area contributed by atoms with Crippen LogP contribution in [0, 0.1) is 0 Å². The average molecular weight is 266 g/mol. The van der Waals surface area contributed by atoms with Crippen LogP contribution in [0.15, 0.2) is 72.6 Å². The number of allylic oxidation sites excluding steroid dienone is 7. The molecule has 0 radical (unpaired) electrons. The van der Waals surface area contributed by atoms with Crippen molar-refractivity contribution in [1.82, 2.24) is 0 Å². The first-order valence-corrected chi connectivity index (χ1v) is 5.96. The van der Waals surface area contributed by atoms with Crippen LogP contribution in [-0.4, -0.2) is 6.61 Å². The van der Waals surface area contributed by atoms with Crippen molar-refractivity contribution in [2.24, 2.45) is 0 Å². The van der Waals surface area contributed by atoms with Crippen LogP contribution >= 0.6 is 0 Å². The molecule has 0 amide bonds. The molecule has 0 aromatic heterocycles. The van der Waals surface area contributed by atoms with Crippen molar-refractivity contribution < 1.29 is 13.5 Å². The monoisotopic (exact) mass is 266 g/mol. The molecule has 0 unspecified atom stereocenters. The van der Waals surface area contributed by atoms with Gasteiger partial charge in [0.05, 0.1) is 6.61 Å². The summed E-state index contributed by atoms with van der Waals surface area (Å²) in [5.74, 6) is -2.62. The molecule has 1 nitrogen and oxygen atoms in total. The topological polar surface area (TPSA) is 9.23 Å². The summed E-state index contributed by atoms with van der Waals surface area (Å²) in [5.41, 5.74) is 0.989. The van der Waals surface area contributed by atoms with Gasteiger partial charge < -0.3 is 4.74 Å². The Kier molecular flexibility index (Phi) is 7.42. The standard InChI is InChI=1S/C16H20F2O/c1-7-11(3)9-10-12(4)13(5)15(17)16(18)14(6)19-8-2/h9-10H,3-8H2,1-2H3/b10-9-,16-15-. The summed E-state index contributed by atoms with van der Waals surface area (Å²) < 4.78 is 32.2. The summed E-state index contributed by atoms with van der Waals surface area (Å²) in [7, 11) is 0. The molecule has 104 valence electrons. The van der Waals surface area contributed by atoms with E-state index >= 15 is 0 Å². The molecule has 19 heavy (non-hydrogen) atoms. The summed E-state index contributed by atoms with van der Waals surface area (Å²) in [6.45, 7) is 18.0. The molecule has 0 aliphatic rings. The Balaban J connectivity index is 4.95. The Hall–Kier alpha value is -1.90. The van der Waals surface area contributed by atoms with Crippen LogP contribution in [0.5, 0.6) is 0 Å². The third-order valence-electron chi connectivity index (χ3n) is 2.38. The van der Waals surface area contributed by atoms with Crippen molar-refractivity contribution in [2.75, 3.05) is 6.61 Å². The third-order valence-corrected chi connectivity index (χ3v) is 2.38. The maximum atomic E-state index is 13.8. The normalized spacial score (nSPS) is 12.0. The molecule has 0 aliphatic heterocycles. The molecule has 0 rings (SSSR count). The number of hydrogen-bond acceptors (Lipinski definition) is 1. The van der Waals surface area contributed by atoms with Crippen LogP contribution in [0.1, 0.15) is 20.3 Å². The smallest absolute Gasteiger partial charge is 0.200 e. The highest BCUT2D eigenvalue weighted by atomic mass is 19.2. The minimum Gasteiger partial charge on any atom is -0.491 e. The van der Waals surface area contributed by atoms with E-state index in [0.717, 1.165) is 12.0 Å². The highest BCUT2D eigenvalue weighted by Crippen LogP contribution is 2.26. The van der Waals surface area contributed by atoms with Gasteiger partial charge >= 0.3 is 0 Å². The minimum absolute atomic E-state index is 0.140. The van der Waals surface area contributed by atoms with Crippen LogP contribution in [0.3, 0.4) is 0 Å². The zero-order chi connectivity index (χ0) is 15.0. The highest BCUT2D eigenvalue weighted by molar-refractivity contribution is 5.49. The van der Waals surface area contributed by atoms with Gasteiger partial charge in [-0.2, -0.15) is 4.39 Å². The molecule has 0 bridgehead atoms. The zero-order valence-corrected chi connectivity index (χ0v) is 11.6. The SMILES string of the molecule is C=C(/C=C\C(=C)C(=C)/C(F)=C(/F)C(=C)OCC)CC. The maximum Gasteiger partial charge on any atom is 0.200 e. The van der Waals surface area contributed by atoms with Gasteiger partial charge in [-0.15, -0.1) is 0 Å². The van der Waals surface area contributed by atoms with Crippen LogP contribution < -0.4 is 0 Å². The van der Waals surface area contributed by atoms with Crippen LogP contribution in [0.4, 0.5) is 8.78 Å². The van der Waals surface area contributed by atoms with E-state index in [-0.39, 0.29) is 23.5 Å². The number of ether oxygens (including phenoxy) is 1. The Morgan fingerprint density at radius 2 is 1.58 bits per heavy atom. The molecule has 0 saturated carbocycles. The predicted molar refractivity (Wildman–Crippen MR) is 76.9 cm³/mol. The molecule has 3 heteroatoms. The third kappa shape index (κ3) is 5.51. The predicted octanol–water partition coefficient (Wildman–Crippen LogP) is 5.32. The second kappa shape index (κ2) is 8.25. The second-order valence-electron chi connectivity index (χ2n) is 3.83. The lowest BCUT2D eigenvalue weighted by molar-refractivity contribution is 0.224. The lowest BCUT2D eigenvalue weighted by Crippen LogP contribution is -1.95. The molecule has 0 atom stereocenters. The van der Waals surface area contributed by atoms with Crippen LogP contribution in [0.25, 0.3) is 0 Å². The maximum absolute atomic E-state index is 13.8. The first-order chi connectivity index (χ1) is 8.84. The summed E-state index contributed by atoms with van der Waals surface area (Å²) in [4.78, 5) is 0. The van der Waals surface area contributed by atoms with Gasteiger partial charge in [-0.25, -0.2) is 4.39 Å². The van der Waals surface area contributed by atoms with E-state index in [2.05, 4.69) is 26.3 Å². The summed E-state index contributed by atoms with van der Waals surface area (Å²) in [5, 5.41) is 0. The first kappa shape index (κ1) is 17.1. The van der Waals surface area contributed by atoms with Crippen molar-refractivity contribution in [3.63, 3.8) is 0 Å². The Morgan fingerprint density at radius 3 is 2.05 bits per heavy atom. The lowest BCUT2D eigenvalue weighted by Gasteiger charge is -2.08. The highest BCUT2D eigenvalue weighted by Gasteiger charge is 2.15. The summed E-state index contributed by atoms with van der Waals surface area (Å²) >= 11 is 0. The van der Waals surface area contributed by atoms with Gasteiger partial charge in [-0.3, -0.25) is 0 Å². The van der Waals surface area contributed by atoms with E-state index in [1.54, 1.807) is 19.1 Å². The largest absolute Gasteiger partial charge is 0.491 e. The Morgan fingerprint density at radius 1 is 1.00 bits per heavy atom. The Labute approximate surface area is 114 Å². The number of halogens is 2. The van der Waals surface area contributed by atoms with Crippen LogP contribution in [-0.2, 0) is 4.74 Å². The summed E-state index contributed by atoms with van der Waals surface area (Å²) in [6.07, 6.45) is 4.00. The minimum atomic E-state index is -1.16. The van der Waals surface area contributed by atoms with Crippen molar-refractivity contribution in [2.45, 2.75) is 20.3 Å². The summed E-state index contributed by atoms with van der Waals surface area (Å²) in [6, 6.07) is 0. The molecular formula is C16H20F2O. The van der Waals surface area contributed by atoms with Crippen molar-refractivity contribution in [1.29, 1.82) is 0 Å². The lowest BCUT2D eigenvalue weighted by atomic mass is 10.1. The molecule has 0 aromatic carbocycles. The van der Waals surface area contributed by atoms with Crippen molar-refractivity contribution in [3.05, 3.63) is 72.6 Å². The van der Waals surface area contributed by atoms with Gasteiger partial charge in [0.1, 0.15) is 0 Å². The van der Waals surface area contributed by atoms with E-state index in [0.29, 0.717) is 0 Å². The molecule has 0 fully saturated rings. The van der Waals surface area contributed by atoms with Gasteiger partial charge in [0.15, 0.2) is 11.6 Å². The number of rotatable bonds is 8. The number of hydrogen-bond donors (Lipinski definition) is 0. The van der Waals surface area contributed by atoms with Crippen molar-refractivity contribution >= 4 is 0 Å². The van der Waals surface area contributed by atoms with Gasteiger partial charge in [-0.05, 0) is 18.9 Å². The first-order valence-electron chi connectivity index (χ1n) is 5.96. The van der Waals surface area contributed by atoms with E-state index in [4.69, 9.17) is 4.74 Å². The molecule has 0 saturated heterocycles. The molecule has 0 N–H and O–H groups in total. The van der Waals surface area contributed by atoms with Gasteiger partial charge in [0.25, 0.3) is 0 Å². The van der Waals surface area contributed by atoms with Gasteiger partial charge in [0, 0.05) is 5.57 Å². The second-order valence-corrected chi connectivity index (χ2v) is 3.83. The van der Waals surface area contributed by atoms with E-state index in [1.807, 2.05) is 6.92 Å². The molecule has 0 aliphatic carbocycles. The van der Waals surface area contributed by atoms with E-state index in [9.17, 15) is 8.78 Å². The Bertz CT molecular complexity index is 453. The molecule has 0 heterocycles. The molecule has 0 aromatic rings. The van der Waals surface area contributed by atoms with Gasteiger partial charge in [0.2, 0.25) is 5.83 Å². The zero-order valence-electron chi connectivity index (χ0n) is 11.6. The fourth-order valence-corrected chi connectivity index (χ4v) is 1.07. The van der Waals surface area contributed by atoms with E-state index in [1.165, 1.54) is 0 Å². The quantitative estimate of drug-likeness (QED) is 0.426. The van der Waals surface area contributed by atoms with Crippen LogP contribution in [0.2, 0.25) is 0 Å². The van der Waals surface area contributed by atoms with E-state index < -0.39 is 11.7 Å². The van der Waals surface area contributed by atoms with Gasteiger partial charge in [-0.1, -0.05) is 51.0 Å².